The van der Waals surface area contributed by atoms with Crippen molar-refractivity contribution >= 4 is 5.69 Å². The first-order chi connectivity index (χ1) is 4.93. The van der Waals surface area contributed by atoms with Crippen LogP contribution in [0.25, 0.3) is 0 Å². The third kappa shape index (κ3) is 1.63. The smallest absolute Gasteiger partial charge is 0.197 e. The molecular formula is C6H6N4. The average molecular weight is 134 g/mol. The second kappa shape index (κ2) is 3.30. The van der Waals surface area contributed by atoms with Crippen molar-refractivity contribution in [1.82, 2.24) is 10.4 Å². The molecule has 1 aromatic rings. The zero-order chi connectivity index (χ0) is 7.23. The summed E-state index contributed by atoms with van der Waals surface area (Å²) in [6, 6.07) is 3.58. The van der Waals surface area contributed by atoms with Gasteiger partial charge < -0.3 is 0 Å². The Morgan fingerprint density at radius 2 is 2.50 bits per heavy atom. The average Bonchev–Trinajstić information content (AvgIpc) is 2.03. The fraction of sp³-hybridized carbons (Fsp3) is 0. The summed E-state index contributed by atoms with van der Waals surface area (Å²) < 4.78 is 0. The molecule has 0 saturated heterocycles. The molecule has 0 spiro atoms. The van der Waals surface area contributed by atoms with E-state index in [1.165, 1.54) is 0 Å². The number of rotatable bonds is 2. The maximum atomic E-state index is 8.08. The van der Waals surface area contributed by atoms with Crippen molar-refractivity contribution in [1.29, 1.82) is 5.26 Å². The van der Waals surface area contributed by atoms with Crippen molar-refractivity contribution < 1.29 is 0 Å². The number of nitrogens with one attached hydrogen (secondary N) is 2. The predicted octanol–water partition coefficient (Wildman–Crippen LogP) is 0.479. The molecule has 0 aliphatic rings. The Kier molecular flexibility index (Phi) is 2.10. The van der Waals surface area contributed by atoms with Crippen molar-refractivity contribution in [3.63, 3.8) is 0 Å². The van der Waals surface area contributed by atoms with Crippen LogP contribution in [0.2, 0.25) is 0 Å². The van der Waals surface area contributed by atoms with Crippen LogP contribution in [0.4, 0.5) is 5.69 Å². The zero-order valence-electron chi connectivity index (χ0n) is 5.20. The molecule has 50 valence electrons. The van der Waals surface area contributed by atoms with Crippen LogP contribution < -0.4 is 10.9 Å². The normalized spacial score (nSPS) is 7.90. The highest BCUT2D eigenvalue weighted by atomic mass is 15.3. The van der Waals surface area contributed by atoms with E-state index in [9.17, 15) is 0 Å². The minimum Gasteiger partial charge on any atom is -0.291 e. The van der Waals surface area contributed by atoms with Crippen LogP contribution in [0.15, 0.2) is 24.5 Å². The molecule has 0 aliphatic heterocycles. The molecule has 1 heterocycles. The number of hydrazine groups is 1. The molecule has 2 N–H and O–H groups in total. The molecule has 0 aromatic carbocycles. The first kappa shape index (κ1) is 6.36. The lowest BCUT2D eigenvalue weighted by molar-refractivity contribution is 1.06. The van der Waals surface area contributed by atoms with Gasteiger partial charge in [-0.3, -0.25) is 10.4 Å². The predicted molar refractivity (Wildman–Crippen MR) is 36.6 cm³/mol. The third-order valence-corrected chi connectivity index (χ3v) is 0.924. The van der Waals surface area contributed by atoms with Crippen molar-refractivity contribution in [2.75, 3.05) is 5.43 Å². The number of hydrogen-bond acceptors (Lipinski definition) is 4. The van der Waals surface area contributed by atoms with Gasteiger partial charge in [-0.2, -0.15) is 5.26 Å². The summed E-state index contributed by atoms with van der Waals surface area (Å²) in [5.41, 5.74) is 5.67. The maximum Gasteiger partial charge on any atom is 0.197 e. The molecule has 10 heavy (non-hydrogen) atoms. The minimum absolute atomic E-state index is 0.768. The second-order valence-corrected chi connectivity index (χ2v) is 1.60. The van der Waals surface area contributed by atoms with E-state index in [2.05, 4.69) is 15.8 Å². The zero-order valence-corrected chi connectivity index (χ0v) is 5.20. The van der Waals surface area contributed by atoms with E-state index in [0.717, 1.165) is 5.69 Å². The Hall–Kier alpha value is -1.76. The van der Waals surface area contributed by atoms with Crippen molar-refractivity contribution in [2.24, 2.45) is 0 Å². The summed E-state index contributed by atoms with van der Waals surface area (Å²) in [4.78, 5) is 3.83. The van der Waals surface area contributed by atoms with E-state index in [1.807, 2.05) is 0 Å². The van der Waals surface area contributed by atoms with E-state index in [4.69, 9.17) is 5.26 Å². The molecular weight excluding hydrogens is 128 g/mol. The summed E-state index contributed by atoms with van der Waals surface area (Å²) in [5.74, 6) is 0. The van der Waals surface area contributed by atoms with Crippen LogP contribution >= 0.6 is 0 Å². The lowest BCUT2D eigenvalue weighted by Gasteiger charge is -1.98. The van der Waals surface area contributed by atoms with E-state index >= 15 is 0 Å². The van der Waals surface area contributed by atoms with Gasteiger partial charge in [0.1, 0.15) is 0 Å². The van der Waals surface area contributed by atoms with E-state index in [1.54, 1.807) is 30.7 Å². The van der Waals surface area contributed by atoms with Crippen molar-refractivity contribution in [3.05, 3.63) is 24.5 Å². The Morgan fingerprint density at radius 1 is 1.60 bits per heavy atom. The second-order valence-electron chi connectivity index (χ2n) is 1.60. The van der Waals surface area contributed by atoms with Gasteiger partial charge in [0.15, 0.2) is 6.19 Å². The van der Waals surface area contributed by atoms with Gasteiger partial charge in [0, 0.05) is 6.20 Å². The molecule has 1 aromatic heterocycles. The first-order valence-electron chi connectivity index (χ1n) is 2.73. The molecule has 1 rings (SSSR count). The van der Waals surface area contributed by atoms with Crippen LogP contribution in [0, 0.1) is 11.5 Å². The Morgan fingerprint density at radius 3 is 3.10 bits per heavy atom. The van der Waals surface area contributed by atoms with Crippen LogP contribution in [-0.4, -0.2) is 4.98 Å². The molecule has 0 atom stereocenters. The summed E-state index contributed by atoms with van der Waals surface area (Å²) >= 11 is 0. The fourth-order valence-corrected chi connectivity index (χ4v) is 0.537. The molecule has 0 saturated carbocycles. The molecule has 4 heteroatoms. The van der Waals surface area contributed by atoms with Gasteiger partial charge in [0.05, 0.1) is 11.9 Å². The summed E-state index contributed by atoms with van der Waals surface area (Å²) in [7, 11) is 0. The number of anilines is 1. The third-order valence-electron chi connectivity index (χ3n) is 0.924. The number of nitrogens with zero attached hydrogens (tertiary/aromatic N) is 2. The number of pyridine rings is 1. The topological polar surface area (TPSA) is 60.7 Å². The highest BCUT2D eigenvalue weighted by molar-refractivity contribution is 5.38. The quantitative estimate of drug-likeness (QED) is 0.351. The Bertz CT molecular complexity index is 225. The SMILES string of the molecule is N#CNNc1cccnc1. The van der Waals surface area contributed by atoms with E-state index < -0.39 is 0 Å². The molecule has 4 nitrogen and oxygen atoms in total. The molecule has 0 unspecified atom stereocenters. The van der Waals surface area contributed by atoms with Gasteiger partial charge in [-0.1, -0.05) is 0 Å². The summed E-state index contributed by atoms with van der Waals surface area (Å²) in [5, 5.41) is 8.08. The molecule has 0 aliphatic carbocycles. The summed E-state index contributed by atoms with van der Waals surface area (Å²) in [6.07, 6.45) is 5.01. The highest BCUT2D eigenvalue weighted by Gasteiger charge is 1.83. The van der Waals surface area contributed by atoms with E-state index in [0.29, 0.717) is 0 Å². The molecule has 0 bridgehead atoms. The highest BCUT2D eigenvalue weighted by Crippen LogP contribution is 1.98. The number of aromatic nitrogens is 1. The van der Waals surface area contributed by atoms with Gasteiger partial charge in [-0.15, -0.1) is 0 Å². The first-order valence-corrected chi connectivity index (χ1v) is 2.73. The van der Waals surface area contributed by atoms with Crippen LogP contribution in [-0.2, 0) is 0 Å². The van der Waals surface area contributed by atoms with Gasteiger partial charge in [0.2, 0.25) is 0 Å². The van der Waals surface area contributed by atoms with Crippen LogP contribution in [0.3, 0.4) is 0 Å². The molecule has 0 amide bonds. The Balaban J connectivity index is 2.52. The van der Waals surface area contributed by atoms with Crippen LogP contribution in [0.5, 0.6) is 0 Å². The lowest BCUT2D eigenvalue weighted by atomic mass is 10.4. The largest absolute Gasteiger partial charge is 0.291 e. The number of nitriles is 1. The maximum absolute atomic E-state index is 8.08. The number of hydrogen-bond donors (Lipinski definition) is 2. The van der Waals surface area contributed by atoms with Gasteiger partial charge in [-0.25, -0.2) is 5.43 Å². The van der Waals surface area contributed by atoms with Gasteiger partial charge >= 0.3 is 0 Å². The van der Waals surface area contributed by atoms with Crippen LogP contribution in [0.1, 0.15) is 0 Å². The standard InChI is InChI=1S/C6H6N4/c7-5-9-10-6-2-1-3-8-4-6/h1-4,9-10H. The van der Waals surface area contributed by atoms with Gasteiger partial charge in [0.25, 0.3) is 0 Å². The van der Waals surface area contributed by atoms with Crippen molar-refractivity contribution in [3.8, 4) is 6.19 Å². The minimum atomic E-state index is 0.768. The van der Waals surface area contributed by atoms with E-state index in [-0.39, 0.29) is 0 Å². The lowest BCUT2D eigenvalue weighted by Crippen LogP contribution is -2.14. The molecule has 0 fully saturated rings. The molecule has 0 radical (unpaired) electrons. The van der Waals surface area contributed by atoms with Gasteiger partial charge in [-0.05, 0) is 12.1 Å². The fourth-order valence-electron chi connectivity index (χ4n) is 0.537. The summed E-state index contributed by atoms with van der Waals surface area (Å²) in [6.45, 7) is 0. The monoisotopic (exact) mass is 134 g/mol. The Labute approximate surface area is 58.5 Å². The van der Waals surface area contributed by atoms with Crippen molar-refractivity contribution in [2.45, 2.75) is 0 Å².